The topological polar surface area (TPSA) is 54.9 Å². The first-order chi connectivity index (χ1) is 11.3. The fourth-order valence-electron chi connectivity index (χ4n) is 3.72. The number of amides is 1. The van der Waals surface area contributed by atoms with E-state index < -0.39 is 5.79 Å². The highest BCUT2D eigenvalue weighted by atomic mass is 16.7. The van der Waals surface area contributed by atoms with Crippen LogP contribution in [0.5, 0.6) is 0 Å². The highest BCUT2D eigenvalue weighted by molar-refractivity contribution is 5.94. The van der Waals surface area contributed by atoms with Gasteiger partial charge in [0.05, 0.1) is 25.3 Å². The number of pyridine rings is 1. The van der Waals surface area contributed by atoms with E-state index in [4.69, 9.17) is 9.47 Å². The van der Waals surface area contributed by atoms with Crippen LogP contribution in [0.15, 0.2) is 18.3 Å². The summed E-state index contributed by atoms with van der Waals surface area (Å²) in [5, 5.41) is 0. The van der Waals surface area contributed by atoms with E-state index in [1.54, 1.807) is 6.20 Å². The minimum Gasteiger partial charge on any atom is -0.357 e. The minimum atomic E-state index is -0.573. The van der Waals surface area contributed by atoms with Crippen molar-refractivity contribution in [1.82, 2.24) is 9.88 Å². The monoisotopic (exact) mass is 317 g/mol. The standard InChI is InChI=1S/C17H23N3O3/c21-16(20-9-3-6-17(13-20)22-10-11-23-17)14-4-5-15(18-12-14)19-7-1-2-8-19/h4-5,12H,1-3,6-11,13H2. The molecule has 0 radical (unpaired) electrons. The normalized spacial score (nSPS) is 23.7. The van der Waals surface area contributed by atoms with Gasteiger partial charge in [-0.2, -0.15) is 0 Å². The van der Waals surface area contributed by atoms with E-state index in [2.05, 4.69) is 9.88 Å². The third-order valence-corrected chi connectivity index (χ3v) is 4.94. The lowest BCUT2D eigenvalue weighted by Gasteiger charge is -2.38. The van der Waals surface area contributed by atoms with Crippen molar-refractivity contribution in [2.75, 3.05) is 44.3 Å². The van der Waals surface area contributed by atoms with E-state index in [-0.39, 0.29) is 5.91 Å². The van der Waals surface area contributed by atoms with E-state index in [1.807, 2.05) is 17.0 Å². The molecule has 0 aromatic carbocycles. The summed E-state index contributed by atoms with van der Waals surface area (Å²) < 4.78 is 11.5. The smallest absolute Gasteiger partial charge is 0.255 e. The molecule has 124 valence electrons. The number of hydrogen-bond acceptors (Lipinski definition) is 5. The minimum absolute atomic E-state index is 0.0173. The number of carbonyl (C=O) groups is 1. The Hall–Kier alpha value is -1.66. The zero-order chi connectivity index (χ0) is 15.7. The number of hydrogen-bond donors (Lipinski definition) is 0. The Labute approximate surface area is 136 Å². The first-order valence-corrected chi connectivity index (χ1v) is 8.54. The second kappa shape index (κ2) is 6.09. The highest BCUT2D eigenvalue weighted by Crippen LogP contribution is 2.30. The van der Waals surface area contributed by atoms with Crippen LogP contribution in [0.25, 0.3) is 0 Å². The highest BCUT2D eigenvalue weighted by Gasteiger charge is 2.42. The van der Waals surface area contributed by atoms with Crippen molar-refractivity contribution in [1.29, 1.82) is 0 Å². The first-order valence-electron chi connectivity index (χ1n) is 8.54. The molecule has 6 heteroatoms. The predicted octanol–water partition coefficient (Wildman–Crippen LogP) is 1.66. The molecule has 4 heterocycles. The molecule has 0 aliphatic carbocycles. The van der Waals surface area contributed by atoms with Crippen LogP contribution in [0.3, 0.4) is 0 Å². The van der Waals surface area contributed by atoms with Crippen molar-refractivity contribution in [2.45, 2.75) is 31.5 Å². The molecule has 6 nitrogen and oxygen atoms in total. The van der Waals surface area contributed by atoms with Crippen LogP contribution >= 0.6 is 0 Å². The largest absolute Gasteiger partial charge is 0.357 e. The van der Waals surface area contributed by atoms with E-state index >= 15 is 0 Å². The van der Waals surface area contributed by atoms with Crippen molar-refractivity contribution in [2.24, 2.45) is 0 Å². The number of piperidine rings is 1. The molecule has 0 bridgehead atoms. The van der Waals surface area contributed by atoms with Crippen LogP contribution in [-0.2, 0) is 9.47 Å². The van der Waals surface area contributed by atoms with Crippen molar-refractivity contribution in [3.63, 3.8) is 0 Å². The van der Waals surface area contributed by atoms with Gasteiger partial charge in [0.1, 0.15) is 5.82 Å². The molecule has 1 aromatic rings. The summed E-state index contributed by atoms with van der Waals surface area (Å²) in [4.78, 5) is 21.3. The van der Waals surface area contributed by atoms with E-state index in [1.165, 1.54) is 12.8 Å². The number of nitrogens with zero attached hydrogens (tertiary/aromatic N) is 3. The van der Waals surface area contributed by atoms with Gasteiger partial charge >= 0.3 is 0 Å². The lowest BCUT2D eigenvalue weighted by atomic mass is 10.0. The second-order valence-electron chi connectivity index (χ2n) is 6.54. The summed E-state index contributed by atoms with van der Waals surface area (Å²) in [6.07, 6.45) is 5.91. The van der Waals surface area contributed by atoms with Crippen LogP contribution in [0.4, 0.5) is 5.82 Å². The van der Waals surface area contributed by atoms with Crippen LogP contribution in [0.1, 0.15) is 36.0 Å². The zero-order valence-electron chi connectivity index (χ0n) is 13.4. The maximum absolute atomic E-state index is 12.7. The molecule has 1 aromatic heterocycles. The molecule has 23 heavy (non-hydrogen) atoms. The van der Waals surface area contributed by atoms with Crippen molar-refractivity contribution >= 4 is 11.7 Å². The van der Waals surface area contributed by atoms with E-state index in [0.29, 0.717) is 25.3 Å². The molecule has 3 aliphatic rings. The van der Waals surface area contributed by atoms with Gasteiger partial charge in [-0.15, -0.1) is 0 Å². The van der Waals surface area contributed by atoms with Crippen LogP contribution in [0.2, 0.25) is 0 Å². The zero-order valence-corrected chi connectivity index (χ0v) is 13.4. The number of ether oxygens (including phenoxy) is 2. The Kier molecular flexibility index (Phi) is 3.95. The van der Waals surface area contributed by atoms with Gasteiger partial charge in [-0.3, -0.25) is 4.79 Å². The Morgan fingerprint density at radius 3 is 2.57 bits per heavy atom. The summed E-state index contributed by atoms with van der Waals surface area (Å²) in [6.45, 7) is 4.62. The lowest BCUT2D eigenvalue weighted by Crippen LogP contribution is -2.51. The maximum atomic E-state index is 12.7. The van der Waals surface area contributed by atoms with Crippen LogP contribution in [0, 0.1) is 0 Å². The Balaban J connectivity index is 1.45. The molecule has 0 atom stereocenters. The van der Waals surface area contributed by atoms with Crippen molar-refractivity contribution in [3.8, 4) is 0 Å². The molecule has 0 saturated carbocycles. The van der Waals surface area contributed by atoms with Crippen molar-refractivity contribution < 1.29 is 14.3 Å². The summed E-state index contributed by atoms with van der Waals surface area (Å²) >= 11 is 0. The SMILES string of the molecule is O=C(c1ccc(N2CCCC2)nc1)N1CCCC2(C1)OCCO2. The first kappa shape index (κ1) is 14.9. The fourth-order valence-corrected chi connectivity index (χ4v) is 3.72. The Morgan fingerprint density at radius 2 is 1.87 bits per heavy atom. The summed E-state index contributed by atoms with van der Waals surface area (Å²) in [5.74, 6) is 0.414. The average Bonchev–Trinajstić information content (AvgIpc) is 3.27. The Bertz CT molecular complexity index is 563. The van der Waals surface area contributed by atoms with Gasteiger partial charge < -0.3 is 19.3 Å². The van der Waals surface area contributed by atoms with Gasteiger partial charge in [0.25, 0.3) is 5.91 Å². The third kappa shape index (κ3) is 2.93. The number of rotatable bonds is 2. The molecular formula is C17H23N3O3. The molecular weight excluding hydrogens is 294 g/mol. The average molecular weight is 317 g/mol. The fraction of sp³-hybridized carbons (Fsp3) is 0.647. The number of aromatic nitrogens is 1. The number of anilines is 1. The Morgan fingerprint density at radius 1 is 1.09 bits per heavy atom. The molecule has 1 amide bonds. The molecule has 4 rings (SSSR count). The molecule has 1 spiro atoms. The quantitative estimate of drug-likeness (QED) is 0.830. The lowest BCUT2D eigenvalue weighted by molar-refractivity contribution is -0.183. The maximum Gasteiger partial charge on any atom is 0.255 e. The van der Waals surface area contributed by atoms with Gasteiger partial charge in [-0.25, -0.2) is 4.98 Å². The number of carbonyl (C=O) groups excluding carboxylic acids is 1. The molecule has 3 saturated heterocycles. The number of likely N-dealkylation sites (tertiary alicyclic amines) is 1. The molecule has 3 aliphatic heterocycles. The van der Waals surface area contributed by atoms with E-state index in [9.17, 15) is 4.79 Å². The molecule has 0 N–H and O–H groups in total. The summed E-state index contributed by atoms with van der Waals surface area (Å²) in [5.41, 5.74) is 0.642. The van der Waals surface area contributed by atoms with Crippen molar-refractivity contribution in [3.05, 3.63) is 23.9 Å². The molecule has 0 unspecified atom stereocenters. The van der Waals surface area contributed by atoms with Gasteiger partial charge in [-0.05, 0) is 31.4 Å². The van der Waals surface area contributed by atoms with Gasteiger partial charge in [0.2, 0.25) is 0 Å². The van der Waals surface area contributed by atoms with Crippen LogP contribution < -0.4 is 4.90 Å². The van der Waals surface area contributed by atoms with E-state index in [0.717, 1.165) is 38.3 Å². The van der Waals surface area contributed by atoms with Gasteiger partial charge in [0.15, 0.2) is 5.79 Å². The second-order valence-corrected chi connectivity index (χ2v) is 6.54. The molecule has 3 fully saturated rings. The third-order valence-electron chi connectivity index (χ3n) is 4.94. The van der Waals surface area contributed by atoms with Gasteiger partial charge in [-0.1, -0.05) is 0 Å². The summed E-state index contributed by atoms with van der Waals surface area (Å²) in [7, 11) is 0. The van der Waals surface area contributed by atoms with Gasteiger partial charge in [0, 0.05) is 32.3 Å². The summed E-state index contributed by atoms with van der Waals surface area (Å²) in [6, 6.07) is 3.85. The van der Waals surface area contributed by atoms with Crippen LogP contribution in [-0.4, -0.2) is 61.0 Å². The predicted molar refractivity (Wildman–Crippen MR) is 85.5 cm³/mol.